The number of nitrogens with zero attached hydrogens (tertiary/aromatic N) is 8. The summed E-state index contributed by atoms with van der Waals surface area (Å²) in [5.41, 5.74) is 8.18. The molecule has 0 saturated carbocycles. The molecule has 0 fully saturated rings. The second-order valence-electron chi connectivity index (χ2n) is 7.66. The molecule has 0 amide bonds. The smallest absolute Gasteiger partial charge is 0.267 e. The normalized spacial score (nSPS) is 11.4. The van der Waals surface area contributed by atoms with Crippen molar-refractivity contribution in [2.75, 3.05) is 24.7 Å². The Bertz CT molecular complexity index is 1560. The Hall–Kier alpha value is -3.99. The van der Waals surface area contributed by atoms with Crippen LogP contribution >= 0.6 is 11.8 Å². The minimum absolute atomic E-state index is 0.141. The molecule has 11 heteroatoms. The summed E-state index contributed by atoms with van der Waals surface area (Å²) in [6.07, 6.45) is 0. The van der Waals surface area contributed by atoms with Crippen molar-refractivity contribution in [1.82, 2.24) is 34.1 Å². The van der Waals surface area contributed by atoms with Crippen molar-refractivity contribution in [3.05, 3.63) is 70.3 Å². The van der Waals surface area contributed by atoms with Crippen molar-refractivity contribution in [1.29, 1.82) is 0 Å². The van der Waals surface area contributed by atoms with Gasteiger partial charge < -0.3 is 10.6 Å². The van der Waals surface area contributed by atoms with E-state index < -0.39 is 0 Å². The summed E-state index contributed by atoms with van der Waals surface area (Å²) in [7, 11) is 3.68. The van der Waals surface area contributed by atoms with Crippen molar-refractivity contribution in [2.24, 2.45) is 0 Å². The summed E-state index contributed by atoms with van der Waals surface area (Å²) in [5, 5.41) is 9.99. The van der Waals surface area contributed by atoms with Gasteiger partial charge in [0.1, 0.15) is 5.82 Å². The number of anilines is 2. The molecule has 5 rings (SSSR count). The lowest BCUT2D eigenvalue weighted by molar-refractivity contribution is 0.906. The average molecular weight is 460 g/mol. The van der Waals surface area contributed by atoms with Gasteiger partial charge >= 0.3 is 0 Å². The number of nitrogen functional groups attached to an aromatic ring is 1. The summed E-state index contributed by atoms with van der Waals surface area (Å²) in [6, 6.07) is 15.2. The number of nitrogens with two attached hydrogens (primary N) is 1. The van der Waals surface area contributed by atoms with Crippen LogP contribution in [0.25, 0.3) is 22.4 Å². The molecule has 0 aliphatic carbocycles. The molecule has 2 N–H and O–H groups in total. The SMILES string of the molecule is Cc1ccccc1-n1c(=O)c2ccccc2n2c(SCc3nc(N)nc(N(C)C)n3)nnc12. The molecule has 5 aromatic rings. The monoisotopic (exact) mass is 459 g/mol. The lowest BCUT2D eigenvalue weighted by Crippen LogP contribution is -2.22. The van der Waals surface area contributed by atoms with Crippen LogP contribution in [-0.2, 0) is 5.75 Å². The van der Waals surface area contributed by atoms with Crippen LogP contribution in [0.1, 0.15) is 11.4 Å². The number of benzene rings is 2. The maximum absolute atomic E-state index is 13.5. The predicted octanol–water partition coefficient (Wildman–Crippen LogP) is 2.47. The lowest BCUT2D eigenvalue weighted by atomic mass is 10.2. The van der Waals surface area contributed by atoms with Crippen molar-refractivity contribution < 1.29 is 0 Å². The van der Waals surface area contributed by atoms with Crippen LogP contribution in [0.5, 0.6) is 0 Å². The van der Waals surface area contributed by atoms with Gasteiger partial charge in [0.25, 0.3) is 5.56 Å². The first-order chi connectivity index (χ1) is 15.9. The number of fused-ring (bicyclic) bond motifs is 3. The number of hydrogen-bond acceptors (Lipinski definition) is 9. The van der Waals surface area contributed by atoms with E-state index in [-0.39, 0.29) is 11.5 Å². The van der Waals surface area contributed by atoms with Crippen LogP contribution in [0, 0.1) is 6.92 Å². The predicted molar refractivity (Wildman–Crippen MR) is 129 cm³/mol. The number of para-hydroxylation sites is 2. The van der Waals surface area contributed by atoms with Crippen LogP contribution < -0.4 is 16.2 Å². The van der Waals surface area contributed by atoms with E-state index in [9.17, 15) is 4.79 Å². The standard InChI is InChI=1S/C22H21N9OS/c1-13-8-4-6-10-15(13)30-18(32)14-9-5-7-11-16(14)31-21(30)27-28-22(31)33-12-17-24-19(23)26-20(25-17)29(2)3/h4-11H,12H2,1-3H3,(H2,23,24,25,26). The van der Waals surface area contributed by atoms with E-state index in [1.54, 1.807) is 9.47 Å². The Balaban J connectivity index is 1.67. The zero-order chi connectivity index (χ0) is 23.1. The van der Waals surface area contributed by atoms with Gasteiger partial charge in [-0.3, -0.25) is 9.20 Å². The van der Waals surface area contributed by atoms with Crippen molar-refractivity contribution in [3.8, 4) is 5.69 Å². The Labute approximate surface area is 193 Å². The second kappa shape index (κ2) is 8.17. The first-order valence-corrected chi connectivity index (χ1v) is 11.2. The van der Waals surface area contributed by atoms with Crippen molar-refractivity contribution in [2.45, 2.75) is 17.8 Å². The van der Waals surface area contributed by atoms with Gasteiger partial charge in [-0.05, 0) is 30.7 Å². The van der Waals surface area contributed by atoms with E-state index in [1.807, 2.05) is 74.0 Å². The molecule has 2 aromatic carbocycles. The molecule has 10 nitrogen and oxygen atoms in total. The summed E-state index contributed by atoms with van der Waals surface area (Å²) in [6.45, 7) is 1.97. The fourth-order valence-corrected chi connectivity index (χ4v) is 4.42. The van der Waals surface area contributed by atoms with Crippen molar-refractivity contribution >= 4 is 40.3 Å². The Kier molecular flexibility index (Phi) is 5.17. The molecule has 3 aromatic heterocycles. The van der Waals surface area contributed by atoms with E-state index >= 15 is 0 Å². The first-order valence-electron chi connectivity index (χ1n) is 10.2. The number of aryl methyl sites for hydroxylation is 1. The van der Waals surface area contributed by atoms with E-state index in [2.05, 4.69) is 25.1 Å². The largest absolute Gasteiger partial charge is 0.368 e. The van der Waals surface area contributed by atoms with Crippen LogP contribution in [0.2, 0.25) is 0 Å². The fraction of sp³-hybridized carbons (Fsp3) is 0.182. The zero-order valence-electron chi connectivity index (χ0n) is 18.3. The molecule has 0 aliphatic rings. The van der Waals surface area contributed by atoms with Gasteiger partial charge in [-0.15, -0.1) is 10.2 Å². The third-order valence-corrected chi connectivity index (χ3v) is 6.09. The topological polar surface area (TPSA) is 120 Å². The van der Waals surface area contributed by atoms with Gasteiger partial charge in [-0.1, -0.05) is 42.1 Å². The van der Waals surface area contributed by atoms with E-state index in [1.165, 1.54) is 11.8 Å². The minimum Gasteiger partial charge on any atom is -0.368 e. The van der Waals surface area contributed by atoms with Crippen LogP contribution in [0.3, 0.4) is 0 Å². The highest BCUT2D eigenvalue weighted by Gasteiger charge is 2.19. The average Bonchev–Trinajstić information content (AvgIpc) is 3.22. The summed E-state index contributed by atoms with van der Waals surface area (Å²) in [5.74, 6) is 2.04. The van der Waals surface area contributed by atoms with Crippen LogP contribution in [0.15, 0.2) is 58.5 Å². The molecule has 0 aliphatic heterocycles. The van der Waals surface area contributed by atoms with E-state index in [4.69, 9.17) is 5.73 Å². The summed E-state index contributed by atoms with van der Waals surface area (Å²) >= 11 is 1.41. The molecule has 3 heterocycles. The van der Waals surface area contributed by atoms with Gasteiger partial charge in [0.2, 0.25) is 17.7 Å². The summed E-state index contributed by atoms with van der Waals surface area (Å²) in [4.78, 5) is 28.1. The minimum atomic E-state index is -0.141. The van der Waals surface area contributed by atoms with Crippen LogP contribution in [-0.4, -0.2) is 48.2 Å². The lowest BCUT2D eigenvalue weighted by Gasteiger charge is -2.13. The van der Waals surface area contributed by atoms with Gasteiger partial charge in [0.05, 0.1) is 22.3 Å². The molecule has 0 spiro atoms. The second-order valence-corrected chi connectivity index (χ2v) is 8.60. The molecule has 0 saturated heterocycles. The number of thioether (sulfide) groups is 1. The van der Waals surface area contributed by atoms with Gasteiger partial charge in [0, 0.05) is 14.1 Å². The maximum Gasteiger partial charge on any atom is 0.267 e. The Morgan fingerprint density at radius 2 is 1.76 bits per heavy atom. The molecule has 0 unspecified atom stereocenters. The molecular weight excluding hydrogens is 438 g/mol. The van der Waals surface area contributed by atoms with Gasteiger partial charge in [-0.2, -0.15) is 15.0 Å². The molecule has 0 bridgehead atoms. The van der Waals surface area contributed by atoms with Crippen LogP contribution in [0.4, 0.5) is 11.9 Å². The van der Waals surface area contributed by atoms with Gasteiger partial charge in [0.15, 0.2) is 5.16 Å². The third-order valence-electron chi connectivity index (χ3n) is 5.17. The highest BCUT2D eigenvalue weighted by molar-refractivity contribution is 7.98. The molecule has 33 heavy (non-hydrogen) atoms. The zero-order valence-corrected chi connectivity index (χ0v) is 19.1. The third kappa shape index (κ3) is 3.65. The fourth-order valence-electron chi connectivity index (χ4n) is 3.62. The van der Waals surface area contributed by atoms with Gasteiger partial charge in [-0.25, -0.2) is 4.57 Å². The highest BCUT2D eigenvalue weighted by atomic mass is 32.2. The maximum atomic E-state index is 13.5. The highest BCUT2D eigenvalue weighted by Crippen LogP contribution is 2.26. The quantitative estimate of drug-likeness (QED) is 0.395. The summed E-state index contributed by atoms with van der Waals surface area (Å²) < 4.78 is 3.51. The van der Waals surface area contributed by atoms with Crippen molar-refractivity contribution in [3.63, 3.8) is 0 Å². The Morgan fingerprint density at radius 3 is 2.55 bits per heavy atom. The number of rotatable bonds is 5. The molecule has 0 atom stereocenters. The Morgan fingerprint density at radius 1 is 1.00 bits per heavy atom. The molecule has 0 radical (unpaired) electrons. The van der Waals surface area contributed by atoms with E-state index in [0.29, 0.717) is 33.8 Å². The molecular formula is C22H21N9OS. The first kappa shape index (κ1) is 20.9. The number of aromatic nitrogens is 7. The molecule has 166 valence electrons. The van der Waals surface area contributed by atoms with E-state index in [0.717, 1.165) is 16.8 Å². The number of hydrogen-bond donors (Lipinski definition) is 1.